The third-order valence-electron chi connectivity index (χ3n) is 2.68. The van der Waals surface area contributed by atoms with Gasteiger partial charge in [0.2, 0.25) is 0 Å². The minimum atomic E-state index is -0.126. The molecule has 0 aromatic heterocycles. The van der Waals surface area contributed by atoms with Gasteiger partial charge in [-0.15, -0.1) is 0 Å². The summed E-state index contributed by atoms with van der Waals surface area (Å²) < 4.78 is 4.87. The van der Waals surface area contributed by atoms with Gasteiger partial charge in [-0.1, -0.05) is 23.7 Å². The lowest BCUT2D eigenvalue weighted by molar-refractivity contribution is -0.143. The van der Waals surface area contributed by atoms with E-state index in [0.29, 0.717) is 13.0 Å². The lowest BCUT2D eigenvalue weighted by Crippen LogP contribution is -2.20. The van der Waals surface area contributed by atoms with Gasteiger partial charge in [0, 0.05) is 17.5 Å². The van der Waals surface area contributed by atoms with E-state index in [-0.39, 0.29) is 12.0 Å². The van der Waals surface area contributed by atoms with Gasteiger partial charge in [0.1, 0.15) is 0 Å². The Hall–Kier alpha value is -1.06. The molecule has 0 amide bonds. The van der Waals surface area contributed by atoms with Crippen LogP contribution in [0.4, 0.5) is 0 Å². The summed E-state index contributed by atoms with van der Waals surface area (Å²) in [5, 5.41) is 4.11. The highest BCUT2D eigenvalue weighted by Crippen LogP contribution is 2.15. The first kappa shape index (κ1) is 15.0. The van der Waals surface area contributed by atoms with Crippen molar-refractivity contribution in [2.24, 2.45) is 0 Å². The largest absolute Gasteiger partial charge is 0.466 e. The molecule has 4 heteroatoms. The molecule has 0 saturated heterocycles. The fraction of sp³-hybridized carbons (Fsp3) is 0.500. The Morgan fingerprint density at radius 1 is 1.39 bits per heavy atom. The first-order valence-corrected chi connectivity index (χ1v) is 6.65. The Kier molecular flexibility index (Phi) is 6.76. The summed E-state index contributed by atoms with van der Waals surface area (Å²) in [4.78, 5) is 11.1. The van der Waals surface area contributed by atoms with E-state index in [1.165, 1.54) is 5.56 Å². The molecular weight excluding hydrogens is 250 g/mol. The van der Waals surface area contributed by atoms with Crippen molar-refractivity contribution < 1.29 is 9.53 Å². The lowest BCUT2D eigenvalue weighted by atomic mass is 10.1. The molecule has 1 atom stereocenters. The molecule has 0 saturated carbocycles. The predicted octanol–water partition coefficient (Wildman–Crippen LogP) is 3.33. The van der Waals surface area contributed by atoms with Crippen molar-refractivity contribution >= 4 is 17.6 Å². The molecule has 0 aliphatic rings. The fourth-order valence-corrected chi connectivity index (χ4v) is 1.78. The second-order valence-electron chi connectivity index (χ2n) is 4.14. The highest BCUT2D eigenvalue weighted by molar-refractivity contribution is 6.30. The van der Waals surface area contributed by atoms with E-state index in [4.69, 9.17) is 16.3 Å². The zero-order chi connectivity index (χ0) is 13.4. The van der Waals surface area contributed by atoms with E-state index < -0.39 is 0 Å². The summed E-state index contributed by atoms with van der Waals surface area (Å²) in [6, 6.07) is 8.03. The van der Waals surface area contributed by atoms with Crippen molar-refractivity contribution in [1.82, 2.24) is 5.32 Å². The normalized spacial score (nSPS) is 12.2. The van der Waals surface area contributed by atoms with Crippen LogP contribution in [-0.4, -0.2) is 19.1 Å². The molecule has 0 radical (unpaired) electrons. The topological polar surface area (TPSA) is 38.3 Å². The van der Waals surface area contributed by atoms with Gasteiger partial charge in [-0.05, 0) is 44.5 Å². The van der Waals surface area contributed by atoms with E-state index in [1.54, 1.807) is 0 Å². The first-order valence-electron chi connectivity index (χ1n) is 6.28. The third kappa shape index (κ3) is 5.52. The van der Waals surface area contributed by atoms with E-state index in [9.17, 15) is 4.79 Å². The average molecular weight is 270 g/mol. The summed E-state index contributed by atoms with van der Waals surface area (Å²) in [6.45, 7) is 5.16. The maximum Gasteiger partial charge on any atom is 0.305 e. The average Bonchev–Trinajstić information content (AvgIpc) is 2.35. The van der Waals surface area contributed by atoms with Crippen LogP contribution >= 0.6 is 11.6 Å². The summed E-state index contributed by atoms with van der Waals surface area (Å²) in [5.41, 5.74) is 1.19. The molecule has 1 rings (SSSR count). The number of esters is 1. The number of hydrogen-bond donors (Lipinski definition) is 1. The van der Waals surface area contributed by atoms with Crippen LogP contribution in [0.1, 0.15) is 38.3 Å². The minimum Gasteiger partial charge on any atom is -0.466 e. The number of halogens is 1. The van der Waals surface area contributed by atoms with Gasteiger partial charge in [0.15, 0.2) is 0 Å². The molecule has 0 fully saturated rings. The molecule has 3 nitrogen and oxygen atoms in total. The van der Waals surface area contributed by atoms with E-state index >= 15 is 0 Å². The maximum absolute atomic E-state index is 11.1. The summed E-state index contributed by atoms with van der Waals surface area (Å²) in [6.07, 6.45) is 1.25. The predicted molar refractivity (Wildman–Crippen MR) is 73.7 cm³/mol. The summed E-state index contributed by atoms with van der Waals surface area (Å²) in [7, 11) is 0. The van der Waals surface area contributed by atoms with Crippen LogP contribution in [0.15, 0.2) is 24.3 Å². The van der Waals surface area contributed by atoms with Crippen LogP contribution in [0, 0.1) is 0 Å². The smallest absolute Gasteiger partial charge is 0.305 e. The van der Waals surface area contributed by atoms with Crippen molar-refractivity contribution in [3.05, 3.63) is 34.9 Å². The van der Waals surface area contributed by atoms with E-state index in [0.717, 1.165) is 18.0 Å². The number of benzene rings is 1. The number of nitrogens with one attached hydrogen (secondary N) is 1. The van der Waals surface area contributed by atoms with Gasteiger partial charge in [-0.3, -0.25) is 4.79 Å². The Bertz CT molecular complexity index is 365. The van der Waals surface area contributed by atoms with Crippen molar-refractivity contribution in [3.8, 4) is 0 Å². The second-order valence-corrected chi connectivity index (χ2v) is 4.57. The maximum atomic E-state index is 11.1. The Balaban J connectivity index is 2.23. The summed E-state index contributed by atoms with van der Waals surface area (Å²) in [5.74, 6) is -0.126. The molecule has 0 spiro atoms. The van der Waals surface area contributed by atoms with Crippen LogP contribution in [-0.2, 0) is 9.53 Å². The van der Waals surface area contributed by atoms with Crippen molar-refractivity contribution in [3.63, 3.8) is 0 Å². The molecule has 1 N–H and O–H groups in total. The number of carbonyl (C=O) groups excluding carboxylic acids is 1. The molecule has 100 valence electrons. The Morgan fingerprint density at radius 2 is 2.06 bits per heavy atom. The Labute approximate surface area is 113 Å². The van der Waals surface area contributed by atoms with Crippen LogP contribution in [0.5, 0.6) is 0 Å². The van der Waals surface area contributed by atoms with Crippen molar-refractivity contribution in [2.45, 2.75) is 32.7 Å². The van der Waals surface area contributed by atoms with Gasteiger partial charge in [0.25, 0.3) is 0 Å². The third-order valence-corrected chi connectivity index (χ3v) is 2.94. The number of hydrogen-bond acceptors (Lipinski definition) is 3. The summed E-state index contributed by atoms with van der Waals surface area (Å²) >= 11 is 5.84. The van der Waals surface area contributed by atoms with Crippen molar-refractivity contribution in [1.29, 1.82) is 0 Å². The quantitative estimate of drug-likeness (QED) is 0.609. The highest BCUT2D eigenvalue weighted by atomic mass is 35.5. The van der Waals surface area contributed by atoms with Crippen LogP contribution in [0.2, 0.25) is 5.02 Å². The van der Waals surface area contributed by atoms with Gasteiger partial charge >= 0.3 is 5.97 Å². The minimum absolute atomic E-state index is 0.126. The van der Waals surface area contributed by atoms with Crippen LogP contribution in [0.25, 0.3) is 0 Å². The van der Waals surface area contributed by atoms with Crippen LogP contribution < -0.4 is 5.32 Å². The van der Waals surface area contributed by atoms with Crippen molar-refractivity contribution in [2.75, 3.05) is 13.2 Å². The zero-order valence-electron chi connectivity index (χ0n) is 10.9. The molecule has 0 aliphatic heterocycles. The number of rotatable bonds is 7. The molecule has 0 aliphatic carbocycles. The molecule has 1 aromatic carbocycles. The molecule has 1 unspecified atom stereocenters. The van der Waals surface area contributed by atoms with E-state index in [1.807, 2.05) is 31.2 Å². The molecule has 0 bridgehead atoms. The number of carbonyl (C=O) groups is 1. The number of ether oxygens (including phenoxy) is 1. The van der Waals surface area contributed by atoms with Gasteiger partial charge in [0.05, 0.1) is 6.61 Å². The molecule has 0 heterocycles. The SMILES string of the molecule is CCOC(=O)CCCNC(C)c1ccc(Cl)cc1. The lowest BCUT2D eigenvalue weighted by Gasteiger charge is -2.14. The second kappa shape index (κ2) is 8.11. The monoisotopic (exact) mass is 269 g/mol. The zero-order valence-corrected chi connectivity index (χ0v) is 11.7. The first-order chi connectivity index (χ1) is 8.63. The Morgan fingerprint density at radius 3 is 2.67 bits per heavy atom. The fourth-order valence-electron chi connectivity index (χ4n) is 1.65. The van der Waals surface area contributed by atoms with Gasteiger partial charge in [-0.2, -0.15) is 0 Å². The standard InChI is InChI=1S/C14H20ClNO2/c1-3-18-14(17)5-4-10-16-11(2)12-6-8-13(15)9-7-12/h6-9,11,16H,3-5,10H2,1-2H3. The van der Waals surface area contributed by atoms with Gasteiger partial charge in [-0.25, -0.2) is 0 Å². The highest BCUT2D eigenvalue weighted by Gasteiger charge is 2.05. The molecule has 18 heavy (non-hydrogen) atoms. The molecule has 1 aromatic rings. The van der Waals surface area contributed by atoms with Crippen LogP contribution in [0.3, 0.4) is 0 Å². The van der Waals surface area contributed by atoms with E-state index in [2.05, 4.69) is 12.2 Å². The molecular formula is C14H20ClNO2. The van der Waals surface area contributed by atoms with Gasteiger partial charge < -0.3 is 10.1 Å².